The second-order valence-electron chi connectivity index (χ2n) is 7.94. The molecule has 1 fully saturated rings. The van der Waals surface area contributed by atoms with Crippen molar-refractivity contribution in [3.05, 3.63) is 60.2 Å². The summed E-state index contributed by atoms with van der Waals surface area (Å²) in [4.78, 5) is 27.0. The zero-order valence-corrected chi connectivity index (χ0v) is 17.8. The molecule has 0 atom stereocenters. The number of urea groups is 1. The molecule has 2 N–H and O–H groups in total. The number of nitrogens with zero attached hydrogens (tertiary/aromatic N) is 1. The molecule has 8 heteroatoms. The number of amides is 3. The number of carbonyl (C=O) groups excluding carboxylic acids is 2. The van der Waals surface area contributed by atoms with Gasteiger partial charge >= 0.3 is 12.2 Å². The summed E-state index contributed by atoms with van der Waals surface area (Å²) in [7, 11) is 0. The van der Waals surface area contributed by atoms with Crippen LogP contribution in [-0.2, 0) is 11.0 Å². The van der Waals surface area contributed by atoms with Gasteiger partial charge in [0.2, 0.25) is 5.91 Å². The van der Waals surface area contributed by atoms with E-state index in [9.17, 15) is 22.8 Å². The molecule has 3 amide bonds. The van der Waals surface area contributed by atoms with Gasteiger partial charge in [-0.15, -0.1) is 0 Å². The molecule has 0 unspecified atom stereocenters. The minimum Gasteiger partial charge on any atom is -0.338 e. The van der Waals surface area contributed by atoms with E-state index in [4.69, 9.17) is 0 Å². The Kier molecular flexibility index (Phi) is 8.14. The Morgan fingerprint density at radius 1 is 0.938 bits per heavy atom. The SMILES string of the molecule is O=C(NCCCN(C(=O)C1CCCCC1)c1ccccc1)Nc1ccccc1C(F)(F)F. The first-order valence-corrected chi connectivity index (χ1v) is 10.9. The third-order valence-corrected chi connectivity index (χ3v) is 5.61. The highest BCUT2D eigenvalue weighted by Gasteiger charge is 2.33. The van der Waals surface area contributed by atoms with Gasteiger partial charge in [0.05, 0.1) is 11.3 Å². The van der Waals surface area contributed by atoms with Crippen molar-refractivity contribution in [2.24, 2.45) is 5.92 Å². The molecule has 0 heterocycles. The number of nitrogens with one attached hydrogen (secondary N) is 2. The molecule has 2 aromatic rings. The molecule has 0 aromatic heterocycles. The van der Waals surface area contributed by atoms with Crippen LogP contribution in [0.4, 0.5) is 29.3 Å². The highest BCUT2D eigenvalue weighted by molar-refractivity contribution is 5.95. The zero-order valence-electron chi connectivity index (χ0n) is 17.8. The molecule has 2 aromatic carbocycles. The van der Waals surface area contributed by atoms with Crippen LogP contribution in [-0.4, -0.2) is 25.0 Å². The van der Waals surface area contributed by atoms with E-state index < -0.39 is 17.8 Å². The van der Waals surface area contributed by atoms with Crippen LogP contribution in [0.3, 0.4) is 0 Å². The molecule has 1 saturated carbocycles. The van der Waals surface area contributed by atoms with E-state index in [1.807, 2.05) is 30.3 Å². The van der Waals surface area contributed by atoms with Crippen molar-refractivity contribution in [2.75, 3.05) is 23.3 Å². The maximum absolute atomic E-state index is 13.1. The van der Waals surface area contributed by atoms with E-state index >= 15 is 0 Å². The Hall–Kier alpha value is -3.03. The Bertz CT molecular complexity index is 897. The van der Waals surface area contributed by atoms with Gasteiger partial charge in [-0.1, -0.05) is 49.6 Å². The van der Waals surface area contributed by atoms with Gasteiger partial charge in [0.1, 0.15) is 0 Å². The van der Waals surface area contributed by atoms with Crippen LogP contribution in [0, 0.1) is 5.92 Å². The average Bonchev–Trinajstić information content (AvgIpc) is 2.79. The van der Waals surface area contributed by atoms with Crippen molar-refractivity contribution in [3.8, 4) is 0 Å². The normalized spacial score (nSPS) is 14.6. The van der Waals surface area contributed by atoms with Gasteiger partial charge in [0.15, 0.2) is 0 Å². The van der Waals surface area contributed by atoms with Gasteiger partial charge in [0.25, 0.3) is 0 Å². The summed E-state index contributed by atoms with van der Waals surface area (Å²) < 4.78 is 39.2. The van der Waals surface area contributed by atoms with Crippen LogP contribution in [0.2, 0.25) is 0 Å². The minimum absolute atomic E-state index is 0.0130. The molecular weight excluding hydrogens is 419 g/mol. The van der Waals surface area contributed by atoms with Gasteiger partial charge in [-0.05, 0) is 43.5 Å². The first-order chi connectivity index (χ1) is 15.4. The number of carbonyl (C=O) groups is 2. The van der Waals surface area contributed by atoms with Crippen LogP contribution >= 0.6 is 0 Å². The topological polar surface area (TPSA) is 61.4 Å². The Balaban J connectivity index is 1.55. The predicted octanol–water partition coefficient (Wildman–Crippen LogP) is 5.83. The molecule has 172 valence electrons. The highest BCUT2D eigenvalue weighted by Crippen LogP contribution is 2.34. The number of alkyl halides is 3. The molecule has 0 bridgehead atoms. The van der Waals surface area contributed by atoms with Crippen molar-refractivity contribution < 1.29 is 22.8 Å². The van der Waals surface area contributed by atoms with Gasteiger partial charge in [0, 0.05) is 24.7 Å². The van der Waals surface area contributed by atoms with Crippen molar-refractivity contribution in [2.45, 2.75) is 44.7 Å². The lowest BCUT2D eigenvalue weighted by atomic mass is 9.88. The second kappa shape index (κ2) is 11.0. The summed E-state index contributed by atoms with van der Waals surface area (Å²) in [5.41, 5.74) is -0.383. The minimum atomic E-state index is -4.56. The molecule has 5 nitrogen and oxygen atoms in total. The molecule has 0 spiro atoms. The van der Waals surface area contributed by atoms with E-state index in [1.165, 1.54) is 18.2 Å². The third kappa shape index (κ3) is 6.48. The van der Waals surface area contributed by atoms with Crippen molar-refractivity contribution in [1.82, 2.24) is 5.32 Å². The van der Waals surface area contributed by atoms with Crippen LogP contribution < -0.4 is 15.5 Å². The largest absolute Gasteiger partial charge is 0.418 e. The van der Waals surface area contributed by atoms with Crippen molar-refractivity contribution >= 4 is 23.3 Å². The van der Waals surface area contributed by atoms with Gasteiger partial charge in [-0.2, -0.15) is 13.2 Å². The van der Waals surface area contributed by atoms with E-state index in [2.05, 4.69) is 10.6 Å². The Morgan fingerprint density at radius 2 is 1.59 bits per heavy atom. The molecule has 0 aliphatic heterocycles. The van der Waals surface area contributed by atoms with Gasteiger partial charge in [-0.3, -0.25) is 4.79 Å². The lowest BCUT2D eigenvalue weighted by molar-refractivity contribution is -0.137. The fraction of sp³-hybridized carbons (Fsp3) is 0.417. The standard InChI is InChI=1S/C24H28F3N3O2/c25-24(26,27)20-14-7-8-15-21(20)29-23(32)28-16-9-17-30(19-12-5-2-6-13-19)22(31)18-10-3-1-4-11-18/h2,5-8,12-15,18H,1,3-4,9-11,16-17H2,(H2,28,29,32). The second-order valence-corrected chi connectivity index (χ2v) is 7.94. The summed E-state index contributed by atoms with van der Waals surface area (Å²) >= 11 is 0. The molecule has 0 saturated heterocycles. The van der Waals surface area contributed by atoms with E-state index in [1.54, 1.807) is 4.90 Å². The molecule has 1 aliphatic carbocycles. The monoisotopic (exact) mass is 447 g/mol. The summed E-state index contributed by atoms with van der Waals surface area (Å²) in [5.74, 6) is 0.110. The van der Waals surface area contributed by atoms with E-state index in [0.29, 0.717) is 13.0 Å². The van der Waals surface area contributed by atoms with Crippen LogP contribution in [0.5, 0.6) is 0 Å². The summed E-state index contributed by atoms with van der Waals surface area (Å²) in [5, 5.41) is 4.84. The van der Waals surface area contributed by atoms with Crippen LogP contribution in [0.25, 0.3) is 0 Å². The summed E-state index contributed by atoms with van der Waals surface area (Å²) in [6.07, 6.45) is 0.968. The van der Waals surface area contributed by atoms with E-state index in [0.717, 1.165) is 43.9 Å². The Morgan fingerprint density at radius 3 is 2.28 bits per heavy atom. The molecular formula is C24H28F3N3O2. The number of anilines is 2. The van der Waals surface area contributed by atoms with Crippen molar-refractivity contribution in [1.29, 1.82) is 0 Å². The molecule has 1 aliphatic rings. The molecule has 32 heavy (non-hydrogen) atoms. The molecule has 3 rings (SSSR count). The van der Waals surface area contributed by atoms with Crippen LogP contribution in [0.15, 0.2) is 54.6 Å². The fourth-order valence-corrected chi connectivity index (χ4v) is 3.99. The number of hydrogen-bond donors (Lipinski definition) is 2. The predicted molar refractivity (Wildman–Crippen MR) is 118 cm³/mol. The number of hydrogen-bond acceptors (Lipinski definition) is 2. The van der Waals surface area contributed by atoms with Crippen LogP contribution in [0.1, 0.15) is 44.1 Å². The van der Waals surface area contributed by atoms with E-state index in [-0.39, 0.29) is 24.1 Å². The lowest BCUT2D eigenvalue weighted by Crippen LogP contribution is -2.39. The zero-order chi connectivity index (χ0) is 23.0. The fourth-order valence-electron chi connectivity index (χ4n) is 3.99. The van der Waals surface area contributed by atoms with Gasteiger partial charge < -0.3 is 15.5 Å². The maximum atomic E-state index is 13.1. The quantitative estimate of drug-likeness (QED) is 0.525. The number of benzene rings is 2. The first-order valence-electron chi connectivity index (χ1n) is 10.9. The average molecular weight is 448 g/mol. The number of rotatable bonds is 7. The maximum Gasteiger partial charge on any atom is 0.418 e. The number of halogens is 3. The van der Waals surface area contributed by atoms with Gasteiger partial charge in [-0.25, -0.2) is 4.79 Å². The third-order valence-electron chi connectivity index (χ3n) is 5.61. The highest BCUT2D eigenvalue weighted by atomic mass is 19.4. The smallest absolute Gasteiger partial charge is 0.338 e. The van der Waals surface area contributed by atoms with Crippen molar-refractivity contribution in [3.63, 3.8) is 0 Å². The number of para-hydroxylation sites is 2. The Labute approximate surface area is 186 Å². The summed E-state index contributed by atoms with van der Waals surface area (Å²) in [6.45, 7) is 0.639. The lowest BCUT2D eigenvalue weighted by Gasteiger charge is -2.29. The molecule has 0 radical (unpaired) electrons. The summed E-state index contributed by atoms with van der Waals surface area (Å²) in [6, 6.07) is 13.5. The first kappa shape index (κ1) is 23.6.